The van der Waals surface area contributed by atoms with Crippen LogP contribution in [0.1, 0.15) is 22.6 Å². The quantitative estimate of drug-likeness (QED) is 0.795. The van der Waals surface area contributed by atoms with Gasteiger partial charge in [-0.05, 0) is 28.8 Å². The minimum absolute atomic E-state index is 0.237. The largest absolute Gasteiger partial charge is 0.445 e. The second-order valence-electron chi connectivity index (χ2n) is 5.45. The molecule has 0 fully saturated rings. The Hall–Kier alpha value is -2.32. The zero-order chi connectivity index (χ0) is 16.2. The summed E-state index contributed by atoms with van der Waals surface area (Å²) < 4.78 is 6.31. The number of nitrogens with zero attached hydrogens (tertiary/aromatic N) is 2. The van der Waals surface area contributed by atoms with Crippen LogP contribution >= 0.6 is 15.9 Å². The number of halogens is 1. The van der Waals surface area contributed by atoms with Gasteiger partial charge < -0.3 is 9.64 Å². The third kappa shape index (κ3) is 3.54. The molecule has 0 radical (unpaired) electrons. The first kappa shape index (κ1) is 15.6. The number of rotatable bonds is 2. The highest BCUT2D eigenvalue weighted by Crippen LogP contribution is 2.30. The Morgan fingerprint density at radius 2 is 2.09 bits per heavy atom. The van der Waals surface area contributed by atoms with E-state index in [1.54, 1.807) is 4.90 Å². The van der Waals surface area contributed by atoms with Gasteiger partial charge in [0.05, 0.1) is 12.0 Å². The summed E-state index contributed by atoms with van der Waals surface area (Å²) in [6.07, 6.45) is -0.386. The number of fused-ring (bicyclic) bond motifs is 1. The van der Waals surface area contributed by atoms with Gasteiger partial charge in [0.1, 0.15) is 6.61 Å². The Balaban J connectivity index is 1.71. The molecule has 0 aromatic heterocycles. The third-order valence-corrected chi connectivity index (χ3v) is 4.36. The van der Waals surface area contributed by atoms with Crippen LogP contribution < -0.4 is 0 Å². The van der Waals surface area contributed by atoms with Crippen molar-refractivity contribution >= 4 is 22.0 Å². The van der Waals surface area contributed by atoms with E-state index in [1.165, 1.54) is 0 Å². The average Bonchev–Trinajstić information content (AvgIpc) is 2.59. The Labute approximate surface area is 143 Å². The summed E-state index contributed by atoms with van der Waals surface area (Å²) in [7, 11) is 0. The fraction of sp³-hybridized carbons (Fsp3) is 0.222. The fourth-order valence-electron chi connectivity index (χ4n) is 2.68. The second-order valence-corrected chi connectivity index (χ2v) is 6.36. The van der Waals surface area contributed by atoms with Crippen LogP contribution in [0.15, 0.2) is 53.0 Å². The predicted molar refractivity (Wildman–Crippen MR) is 89.5 cm³/mol. The monoisotopic (exact) mass is 370 g/mol. The lowest BCUT2D eigenvalue weighted by atomic mass is 9.91. The van der Waals surface area contributed by atoms with Crippen molar-refractivity contribution in [3.8, 4) is 6.07 Å². The number of benzene rings is 2. The fourth-order valence-corrected chi connectivity index (χ4v) is 3.06. The molecular formula is C18H15BrN2O2. The number of amides is 1. The van der Waals surface area contributed by atoms with Crippen molar-refractivity contribution in [2.24, 2.45) is 0 Å². The smallest absolute Gasteiger partial charge is 0.410 e. The van der Waals surface area contributed by atoms with Gasteiger partial charge >= 0.3 is 6.09 Å². The summed E-state index contributed by atoms with van der Waals surface area (Å²) in [5.74, 6) is -0.333. The lowest BCUT2D eigenvalue weighted by molar-refractivity contribution is 0.0903. The molecule has 0 N–H and O–H groups in total. The Morgan fingerprint density at radius 3 is 2.83 bits per heavy atom. The van der Waals surface area contributed by atoms with Crippen LogP contribution in [0.2, 0.25) is 0 Å². The molecule has 5 heteroatoms. The van der Waals surface area contributed by atoms with Gasteiger partial charge in [0.15, 0.2) is 0 Å². The van der Waals surface area contributed by atoms with Crippen LogP contribution in [0.25, 0.3) is 0 Å². The van der Waals surface area contributed by atoms with E-state index in [-0.39, 0.29) is 18.6 Å². The number of ether oxygens (including phenoxy) is 1. The Kier molecular flexibility index (Phi) is 4.63. The van der Waals surface area contributed by atoms with Gasteiger partial charge in [-0.1, -0.05) is 52.3 Å². The van der Waals surface area contributed by atoms with Crippen molar-refractivity contribution in [3.05, 3.63) is 69.7 Å². The lowest BCUT2D eigenvalue weighted by Gasteiger charge is -2.31. The zero-order valence-corrected chi connectivity index (χ0v) is 14.0. The van der Waals surface area contributed by atoms with Crippen LogP contribution in [0, 0.1) is 11.3 Å². The molecule has 116 valence electrons. The molecule has 0 saturated heterocycles. The molecular weight excluding hydrogens is 356 g/mol. The summed E-state index contributed by atoms with van der Waals surface area (Å²) in [6, 6.07) is 17.7. The van der Waals surface area contributed by atoms with Crippen molar-refractivity contribution in [1.82, 2.24) is 4.90 Å². The zero-order valence-electron chi connectivity index (χ0n) is 12.4. The van der Waals surface area contributed by atoms with Crippen LogP contribution in [-0.2, 0) is 17.9 Å². The first-order chi connectivity index (χ1) is 11.2. The number of nitriles is 1. The van der Waals surface area contributed by atoms with E-state index < -0.39 is 0 Å². The minimum Gasteiger partial charge on any atom is -0.445 e. The van der Waals surface area contributed by atoms with Crippen LogP contribution in [0.3, 0.4) is 0 Å². The van der Waals surface area contributed by atoms with Gasteiger partial charge in [-0.3, -0.25) is 0 Å². The summed E-state index contributed by atoms with van der Waals surface area (Å²) >= 11 is 3.43. The Morgan fingerprint density at radius 1 is 1.30 bits per heavy atom. The number of carbonyl (C=O) groups excluding carboxylic acids is 1. The van der Waals surface area contributed by atoms with Crippen molar-refractivity contribution in [2.75, 3.05) is 6.54 Å². The highest BCUT2D eigenvalue weighted by atomic mass is 79.9. The van der Waals surface area contributed by atoms with Crippen LogP contribution in [-0.4, -0.2) is 17.5 Å². The first-order valence-electron chi connectivity index (χ1n) is 7.31. The van der Waals surface area contributed by atoms with Crippen LogP contribution in [0.5, 0.6) is 0 Å². The number of hydrogen-bond donors (Lipinski definition) is 0. The summed E-state index contributed by atoms with van der Waals surface area (Å²) in [4.78, 5) is 13.9. The third-order valence-electron chi connectivity index (χ3n) is 3.87. The summed E-state index contributed by atoms with van der Waals surface area (Å²) in [6.45, 7) is 1.06. The number of hydrogen-bond acceptors (Lipinski definition) is 3. The lowest BCUT2D eigenvalue weighted by Crippen LogP contribution is -2.38. The minimum atomic E-state index is -0.386. The summed E-state index contributed by atoms with van der Waals surface area (Å²) in [5, 5.41) is 9.39. The second kappa shape index (κ2) is 6.84. The molecule has 1 aliphatic rings. The van der Waals surface area contributed by atoms with E-state index in [9.17, 15) is 10.1 Å². The molecule has 1 heterocycles. The Bertz CT molecular complexity index is 755. The van der Waals surface area contributed by atoms with E-state index in [0.717, 1.165) is 21.2 Å². The molecule has 0 saturated carbocycles. The molecule has 4 nitrogen and oxygen atoms in total. The van der Waals surface area contributed by atoms with E-state index in [2.05, 4.69) is 22.0 Å². The van der Waals surface area contributed by atoms with E-state index in [1.807, 2.05) is 48.5 Å². The first-order valence-corrected chi connectivity index (χ1v) is 8.10. The molecule has 1 atom stereocenters. The topological polar surface area (TPSA) is 53.3 Å². The summed E-state index contributed by atoms with van der Waals surface area (Å²) in [5.41, 5.74) is 2.91. The highest BCUT2D eigenvalue weighted by molar-refractivity contribution is 9.10. The van der Waals surface area contributed by atoms with Crippen LogP contribution in [0.4, 0.5) is 4.79 Å². The molecule has 0 spiro atoms. The van der Waals surface area contributed by atoms with Gasteiger partial charge in [-0.2, -0.15) is 5.26 Å². The molecule has 0 bridgehead atoms. The molecule has 3 rings (SSSR count). The maximum Gasteiger partial charge on any atom is 0.410 e. The van der Waals surface area contributed by atoms with Gasteiger partial charge in [0.2, 0.25) is 0 Å². The highest BCUT2D eigenvalue weighted by Gasteiger charge is 2.29. The van der Waals surface area contributed by atoms with Gasteiger partial charge in [0, 0.05) is 17.6 Å². The molecule has 0 aliphatic carbocycles. The molecule has 23 heavy (non-hydrogen) atoms. The van der Waals surface area contributed by atoms with Gasteiger partial charge in [0.25, 0.3) is 0 Å². The van der Waals surface area contributed by atoms with Gasteiger partial charge in [-0.25, -0.2) is 4.79 Å². The molecule has 1 amide bonds. The van der Waals surface area contributed by atoms with Crippen molar-refractivity contribution in [1.29, 1.82) is 5.26 Å². The molecule has 2 aromatic carbocycles. The van der Waals surface area contributed by atoms with Crippen molar-refractivity contribution in [3.63, 3.8) is 0 Å². The standard InChI is InChI=1S/C18H15BrN2O2/c19-16-7-6-14-10-21(11-15(9-20)17(14)8-16)18(22)23-12-13-4-2-1-3-5-13/h1-8,15H,10-12H2. The molecule has 1 unspecified atom stereocenters. The number of carbonyl (C=O) groups is 1. The predicted octanol–water partition coefficient (Wildman–Crippen LogP) is 4.21. The SMILES string of the molecule is N#CC1CN(C(=O)OCc2ccccc2)Cc2ccc(Br)cc21. The maximum atomic E-state index is 12.3. The maximum absolute atomic E-state index is 12.3. The van der Waals surface area contributed by atoms with E-state index in [4.69, 9.17) is 4.74 Å². The van der Waals surface area contributed by atoms with E-state index >= 15 is 0 Å². The molecule has 1 aliphatic heterocycles. The van der Waals surface area contributed by atoms with Crippen molar-refractivity contribution in [2.45, 2.75) is 19.1 Å². The normalized spacial score (nSPS) is 16.3. The van der Waals surface area contributed by atoms with E-state index in [0.29, 0.717) is 13.1 Å². The van der Waals surface area contributed by atoms with Gasteiger partial charge in [-0.15, -0.1) is 0 Å². The molecule has 2 aromatic rings. The average molecular weight is 371 g/mol. The van der Waals surface area contributed by atoms with Crippen molar-refractivity contribution < 1.29 is 9.53 Å².